The normalized spacial score (nSPS) is 17.9. The zero-order valence-electron chi connectivity index (χ0n) is 18.4. The number of carbonyl (C=O) groups is 2. The lowest BCUT2D eigenvalue weighted by atomic mass is 9.90. The molecule has 1 aliphatic rings. The number of hydrogen-bond acceptors (Lipinski definition) is 5. The van der Waals surface area contributed by atoms with Crippen LogP contribution in [0, 0.1) is 11.6 Å². The number of carbonyl (C=O) groups excluding carboxylic acids is 2. The summed E-state index contributed by atoms with van der Waals surface area (Å²) in [5.41, 5.74) is 0.362. The maximum absolute atomic E-state index is 13.6. The Morgan fingerprint density at radius 2 is 1.65 bits per heavy atom. The van der Waals surface area contributed by atoms with Crippen LogP contribution in [0.1, 0.15) is 22.7 Å². The summed E-state index contributed by atoms with van der Waals surface area (Å²) in [6.07, 6.45) is -0.230. The van der Waals surface area contributed by atoms with E-state index in [4.69, 9.17) is 4.74 Å². The van der Waals surface area contributed by atoms with Crippen molar-refractivity contribution in [1.29, 1.82) is 0 Å². The van der Waals surface area contributed by atoms with E-state index in [-0.39, 0.29) is 18.5 Å². The highest BCUT2D eigenvalue weighted by atomic mass is 19.1. The van der Waals surface area contributed by atoms with Gasteiger partial charge in [0.25, 0.3) is 0 Å². The van der Waals surface area contributed by atoms with Gasteiger partial charge in [0.1, 0.15) is 23.5 Å². The first-order valence-corrected chi connectivity index (χ1v) is 10.7. The molecule has 0 saturated carbocycles. The van der Waals surface area contributed by atoms with Crippen LogP contribution in [0.4, 0.5) is 8.78 Å². The van der Waals surface area contributed by atoms with Crippen molar-refractivity contribution in [1.82, 2.24) is 10.6 Å². The van der Waals surface area contributed by atoms with Crippen LogP contribution in [-0.4, -0.2) is 31.4 Å². The smallest absolute Gasteiger partial charge is 0.338 e. The van der Waals surface area contributed by atoms with Crippen LogP contribution in [0.3, 0.4) is 0 Å². The molecular formula is C26H23F2N3O3. The number of benzene rings is 3. The van der Waals surface area contributed by atoms with E-state index in [0.29, 0.717) is 11.4 Å². The van der Waals surface area contributed by atoms with E-state index in [9.17, 15) is 18.4 Å². The molecule has 6 nitrogen and oxygen atoms in total. The van der Waals surface area contributed by atoms with Crippen LogP contribution in [0.15, 0.2) is 83.9 Å². The second kappa shape index (κ2) is 9.82. The summed E-state index contributed by atoms with van der Waals surface area (Å²) in [6, 6.07) is 20.4. The largest absolute Gasteiger partial charge is 0.467 e. The highest BCUT2D eigenvalue weighted by Gasteiger charge is 2.47. The third kappa shape index (κ3) is 4.80. The number of ether oxygens (including phenoxy) is 1. The highest BCUT2D eigenvalue weighted by molar-refractivity contribution is 5.99. The van der Waals surface area contributed by atoms with E-state index in [0.717, 1.165) is 23.8 Å². The van der Waals surface area contributed by atoms with Crippen molar-refractivity contribution in [3.63, 3.8) is 0 Å². The van der Waals surface area contributed by atoms with Crippen molar-refractivity contribution in [2.75, 3.05) is 13.7 Å². The van der Waals surface area contributed by atoms with Crippen LogP contribution in [0.25, 0.3) is 0 Å². The second-order valence-corrected chi connectivity index (χ2v) is 7.96. The average molecular weight is 463 g/mol. The molecule has 2 atom stereocenters. The molecule has 2 unspecified atom stereocenters. The predicted octanol–water partition coefficient (Wildman–Crippen LogP) is 3.44. The molecule has 174 valence electrons. The fourth-order valence-electron chi connectivity index (χ4n) is 4.02. The van der Waals surface area contributed by atoms with E-state index >= 15 is 0 Å². The summed E-state index contributed by atoms with van der Waals surface area (Å²) in [5, 5.41) is 6.08. The fraction of sp³-hybridized carbons (Fsp3) is 0.192. The minimum Gasteiger partial charge on any atom is -0.467 e. The minimum atomic E-state index is -1.24. The Hall–Kier alpha value is -4.07. The predicted molar refractivity (Wildman–Crippen MR) is 123 cm³/mol. The van der Waals surface area contributed by atoms with Crippen LogP contribution < -0.4 is 10.6 Å². The molecule has 0 bridgehead atoms. The molecule has 0 fully saturated rings. The molecule has 0 radical (unpaired) electrons. The number of hydrogen-bond donors (Lipinski definition) is 2. The molecule has 3 aromatic carbocycles. The zero-order valence-corrected chi connectivity index (χ0v) is 18.4. The first-order chi connectivity index (χ1) is 16.4. The molecule has 0 aliphatic carbocycles. The van der Waals surface area contributed by atoms with Gasteiger partial charge in [0, 0.05) is 6.07 Å². The van der Waals surface area contributed by atoms with Gasteiger partial charge in [0.2, 0.25) is 5.91 Å². The summed E-state index contributed by atoms with van der Waals surface area (Å²) in [7, 11) is 1.31. The Kier molecular flexibility index (Phi) is 6.67. The number of methoxy groups -OCH3 is 1. The molecule has 0 aromatic heterocycles. The third-order valence-corrected chi connectivity index (χ3v) is 5.63. The molecule has 0 saturated heterocycles. The average Bonchev–Trinajstić information content (AvgIpc) is 3.29. The molecule has 0 spiro atoms. The van der Waals surface area contributed by atoms with Crippen molar-refractivity contribution < 1.29 is 23.1 Å². The molecule has 3 aromatic rings. The lowest BCUT2D eigenvalue weighted by molar-refractivity contribution is -0.147. The van der Waals surface area contributed by atoms with E-state index in [1.165, 1.54) is 7.11 Å². The number of esters is 1. The van der Waals surface area contributed by atoms with Gasteiger partial charge in [0.15, 0.2) is 5.54 Å². The number of amidine groups is 1. The van der Waals surface area contributed by atoms with Crippen LogP contribution in [-0.2, 0) is 26.3 Å². The van der Waals surface area contributed by atoms with Crippen molar-refractivity contribution in [3.05, 3.63) is 107 Å². The first kappa shape index (κ1) is 23.1. The standard InChI is InChI=1S/C26H23F2N3O3/c1-34-25(33)26(19-10-6-3-7-11-19)16-29-24(31-26)23(18-8-4-2-5-9-18)30-22(32)14-17-12-20(27)15-21(28)13-17/h2-13,15,23H,14,16H2,1H3,(H,29,31)(H,30,32). The minimum absolute atomic E-state index is 0.0767. The van der Waals surface area contributed by atoms with E-state index in [2.05, 4.69) is 15.6 Å². The second-order valence-electron chi connectivity index (χ2n) is 7.96. The molecule has 34 heavy (non-hydrogen) atoms. The Labute approximate surface area is 195 Å². The maximum atomic E-state index is 13.6. The van der Waals surface area contributed by atoms with Gasteiger partial charge < -0.3 is 15.4 Å². The Balaban J connectivity index is 1.62. The lowest BCUT2D eigenvalue weighted by Gasteiger charge is -2.29. The summed E-state index contributed by atoms with van der Waals surface area (Å²) < 4.78 is 32.2. The van der Waals surface area contributed by atoms with Gasteiger partial charge in [0.05, 0.1) is 20.1 Å². The van der Waals surface area contributed by atoms with Crippen molar-refractivity contribution in [3.8, 4) is 0 Å². The van der Waals surface area contributed by atoms with Gasteiger partial charge in [-0.25, -0.2) is 13.6 Å². The van der Waals surface area contributed by atoms with Gasteiger partial charge in [-0.15, -0.1) is 0 Å². The van der Waals surface area contributed by atoms with E-state index in [1.807, 2.05) is 48.5 Å². The monoisotopic (exact) mass is 463 g/mol. The van der Waals surface area contributed by atoms with Crippen LogP contribution in [0.2, 0.25) is 0 Å². The molecular weight excluding hydrogens is 440 g/mol. The summed E-state index contributed by atoms with van der Waals surface area (Å²) in [6.45, 7) is 0.0767. The molecule has 1 heterocycles. The van der Waals surface area contributed by atoms with E-state index in [1.54, 1.807) is 12.1 Å². The molecule has 1 aliphatic heterocycles. The number of nitrogens with zero attached hydrogens (tertiary/aromatic N) is 1. The first-order valence-electron chi connectivity index (χ1n) is 10.7. The number of rotatable bonds is 7. The van der Waals surface area contributed by atoms with Gasteiger partial charge in [-0.2, -0.15) is 0 Å². The summed E-state index contributed by atoms with van der Waals surface area (Å²) >= 11 is 0. The number of halogens is 2. The number of amides is 1. The van der Waals surface area contributed by atoms with Crippen molar-refractivity contribution >= 4 is 17.7 Å². The Morgan fingerprint density at radius 3 is 2.26 bits per heavy atom. The molecule has 4 rings (SSSR count). The maximum Gasteiger partial charge on any atom is 0.338 e. The fourth-order valence-corrected chi connectivity index (χ4v) is 4.02. The highest BCUT2D eigenvalue weighted by Crippen LogP contribution is 2.30. The molecule has 1 amide bonds. The van der Waals surface area contributed by atoms with Crippen molar-refractivity contribution in [2.45, 2.75) is 18.0 Å². The zero-order chi connectivity index (χ0) is 24.1. The molecule has 8 heteroatoms. The van der Waals surface area contributed by atoms with Crippen LogP contribution in [0.5, 0.6) is 0 Å². The van der Waals surface area contributed by atoms with E-state index < -0.39 is 35.1 Å². The van der Waals surface area contributed by atoms with Gasteiger partial charge in [-0.05, 0) is 28.8 Å². The molecule has 2 N–H and O–H groups in total. The third-order valence-electron chi connectivity index (χ3n) is 5.63. The van der Waals surface area contributed by atoms with Gasteiger partial charge in [-0.1, -0.05) is 60.7 Å². The number of nitrogens with one attached hydrogen (secondary N) is 2. The SMILES string of the molecule is COC(=O)C1(c2ccccc2)CN=C(C(NC(=O)Cc2cc(F)cc(F)c2)c2ccccc2)N1. The van der Waals surface area contributed by atoms with Crippen molar-refractivity contribution in [2.24, 2.45) is 4.99 Å². The van der Waals surface area contributed by atoms with Gasteiger partial charge in [-0.3, -0.25) is 9.79 Å². The Morgan fingerprint density at radius 1 is 1.03 bits per heavy atom. The summed E-state index contributed by atoms with van der Waals surface area (Å²) in [4.78, 5) is 30.3. The Bertz CT molecular complexity index is 1200. The number of aliphatic imine (C=N–C) groups is 1. The van der Waals surface area contributed by atoms with Gasteiger partial charge >= 0.3 is 5.97 Å². The topological polar surface area (TPSA) is 79.8 Å². The lowest BCUT2D eigenvalue weighted by Crippen LogP contribution is -2.52. The quantitative estimate of drug-likeness (QED) is 0.526. The van der Waals surface area contributed by atoms with Crippen LogP contribution >= 0.6 is 0 Å². The summed E-state index contributed by atoms with van der Waals surface area (Å²) in [5.74, 6) is -2.10.